The van der Waals surface area contributed by atoms with Crippen molar-refractivity contribution in [1.29, 1.82) is 0 Å². The van der Waals surface area contributed by atoms with Crippen molar-refractivity contribution in [1.82, 2.24) is 9.78 Å². The van der Waals surface area contributed by atoms with Crippen molar-refractivity contribution in [2.45, 2.75) is 26.3 Å². The first kappa shape index (κ1) is 12.7. The first-order chi connectivity index (χ1) is 7.79. The zero-order chi connectivity index (χ0) is 12.8. The van der Waals surface area contributed by atoms with E-state index in [-0.39, 0.29) is 5.54 Å². The molecule has 2 heterocycles. The lowest BCUT2D eigenvalue weighted by atomic mass is 10.1. The summed E-state index contributed by atoms with van der Waals surface area (Å²) in [4.78, 5) is 0. The molecule has 92 valence electrons. The number of hydrogen-bond donors (Lipinski definition) is 1. The summed E-state index contributed by atoms with van der Waals surface area (Å²) < 4.78 is 3.08. The van der Waals surface area contributed by atoms with E-state index in [4.69, 9.17) is 28.9 Å². The van der Waals surface area contributed by atoms with E-state index in [2.05, 4.69) is 25.9 Å². The molecule has 0 saturated carbocycles. The van der Waals surface area contributed by atoms with Crippen LogP contribution < -0.4 is 5.73 Å². The predicted molar refractivity (Wildman–Crippen MR) is 75.0 cm³/mol. The predicted octanol–water partition coefficient (Wildman–Crippen LogP) is 4.26. The summed E-state index contributed by atoms with van der Waals surface area (Å²) in [6, 6.07) is 1.79. The molecule has 0 aromatic carbocycles. The molecule has 2 aromatic heterocycles. The summed E-state index contributed by atoms with van der Waals surface area (Å²) in [5, 5.41) is 4.48. The highest BCUT2D eigenvalue weighted by atomic mass is 35.5. The summed E-state index contributed by atoms with van der Waals surface area (Å²) >= 11 is 13.3. The van der Waals surface area contributed by atoms with Gasteiger partial charge in [0.25, 0.3) is 0 Å². The van der Waals surface area contributed by atoms with E-state index < -0.39 is 0 Å². The van der Waals surface area contributed by atoms with Crippen molar-refractivity contribution in [3.8, 4) is 11.3 Å². The minimum absolute atomic E-state index is 0.112. The first-order valence-corrected chi connectivity index (χ1v) is 6.67. The van der Waals surface area contributed by atoms with E-state index in [1.54, 1.807) is 6.07 Å². The maximum Gasteiger partial charge on any atom is 0.118 e. The van der Waals surface area contributed by atoms with Gasteiger partial charge < -0.3 is 5.73 Å². The van der Waals surface area contributed by atoms with Crippen LogP contribution in [0.5, 0.6) is 0 Å². The third-order valence-corrected chi connectivity index (χ3v) is 3.83. The Morgan fingerprint density at radius 3 is 2.41 bits per heavy atom. The molecule has 0 unspecified atom stereocenters. The molecule has 0 saturated heterocycles. The lowest BCUT2D eigenvalue weighted by molar-refractivity contribution is 0.356. The topological polar surface area (TPSA) is 43.8 Å². The molecule has 2 aromatic rings. The summed E-state index contributed by atoms with van der Waals surface area (Å²) in [6.45, 7) is 6.18. The van der Waals surface area contributed by atoms with E-state index in [9.17, 15) is 0 Å². The fourth-order valence-electron chi connectivity index (χ4n) is 1.44. The molecule has 0 aliphatic rings. The van der Waals surface area contributed by atoms with Gasteiger partial charge in [-0.3, -0.25) is 4.68 Å². The highest BCUT2D eigenvalue weighted by Crippen LogP contribution is 2.39. The Hall–Kier alpha value is -0.710. The highest BCUT2D eigenvalue weighted by molar-refractivity contribution is 7.20. The molecule has 0 aliphatic carbocycles. The Bertz CT molecular complexity index is 552. The molecule has 0 radical (unpaired) electrons. The van der Waals surface area contributed by atoms with Gasteiger partial charge in [0.2, 0.25) is 0 Å². The average Bonchev–Trinajstić information content (AvgIpc) is 2.68. The smallest absolute Gasteiger partial charge is 0.118 e. The number of nitrogens with zero attached hydrogens (tertiary/aromatic N) is 2. The van der Waals surface area contributed by atoms with E-state index in [0.717, 1.165) is 5.56 Å². The molecule has 0 amide bonds. The summed E-state index contributed by atoms with van der Waals surface area (Å²) in [6.07, 6.45) is 1.82. The van der Waals surface area contributed by atoms with Crippen LogP contribution in [0.3, 0.4) is 0 Å². The van der Waals surface area contributed by atoms with E-state index >= 15 is 0 Å². The molecule has 0 fully saturated rings. The van der Waals surface area contributed by atoms with Crippen molar-refractivity contribution < 1.29 is 0 Å². The van der Waals surface area contributed by atoms with Gasteiger partial charge in [0.1, 0.15) is 10.0 Å². The summed E-state index contributed by atoms with van der Waals surface area (Å²) in [7, 11) is 0. The Morgan fingerprint density at radius 1 is 1.35 bits per heavy atom. The van der Waals surface area contributed by atoms with Gasteiger partial charge in [-0.1, -0.05) is 23.2 Å². The van der Waals surface area contributed by atoms with E-state index in [1.165, 1.54) is 11.3 Å². The van der Waals surface area contributed by atoms with Gasteiger partial charge >= 0.3 is 0 Å². The van der Waals surface area contributed by atoms with E-state index in [0.29, 0.717) is 20.1 Å². The average molecular weight is 290 g/mol. The fourth-order valence-corrected chi connectivity index (χ4v) is 2.91. The molecule has 0 atom stereocenters. The van der Waals surface area contributed by atoms with Gasteiger partial charge in [-0.2, -0.15) is 5.10 Å². The molecular weight excluding hydrogens is 277 g/mol. The molecule has 0 aliphatic heterocycles. The molecule has 2 rings (SSSR count). The van der Waals surface area contributed by atoms with Gasteiger partial charge in [-0.05, 0) is 26.8 Å². The summed E-state index contributed by atoms with van der Waals surface area (Å²) in [5.41, 5.74) is 7.94. The number of aromatic nitrogens is 2. The van der Waals surface area contributed by atoms with Crippen LogP contribution in [0.2, 0.25) is 8.67 Å². The number of rotatable bonds is 1. The van der Waals surface area contributed by atoms with Crippen molar-refractivity contribution in [2.24, 2.45) is 0 Å². The first-order valence-electron chi connectivity index (χ1n) is 5.10. The maximum atomic E-state index is 6.10. The van der Waals surface area contributed by atoms with Crippen LogP contribution in [-0.2, 0) is 5.54 Å². The fraction of sp³-hybridized carbons (Fsp3) is 0.364. The number of nitrogen functional groups attached to an aromatic ring is 1. The number of halogens is 2. The normalized spacial score (nSPS) is 12.1. The van der Waals surface area contributed by atoms with Crippen LogP contribution in [0.1, 0.15) is 20.8 Å². The zero-order valence-electron chi connectivity index (χ0n) is 9.79. The maximum absolute atomic E-state index is 6.10. The van der Waals surface area contributed by atoms with Crippen LogP contribution in [0.4, 0.5) is 5.69 Å². The molecule has 0 spiro atoms. The number of thiophene rings is 1. The second-order valence-corrected chi connectivity index (χ2v) is 7.07. The van der Waals surface area contributed by atoms with Gasteiger partial charge in [0.15, 0.2) is 0 Å². The van der Waals surface area contributed by atoms with Crippen LogP contribution in [0, 0.1) is 0 Å². The highest BCUT2D eigenvalue weighted by Gasteiger charge is 2.20. The van der Waals surface area contributed by atoms with Crippen LogP contribution in [0.25, 0.3) is 11.3 Å². The van der Waals surface area contributed by atoms with Crippen molar-refractivity contribution >= 4 is 40.2 Å². The Balaban J connectivity index is 2.54. The Morgan fingerprint density at radius 2 is 2.00 bits per heavy atom. The van der Waals surface area contributed by atoms with Crippen molar-refractivity contribution in [3.63, 3.8) is 0 Å². The van der Waals surface area contributed by atoms with Crippen LogP contribution >= 0.6 is 34.5 Å². The summed E-state index contributed by atoms with van der Waals surface area (Å²) in [5.74, 6) is 0. The number of hydrogen-bond acceptors (Lipinski definition) is 3. The lowest BCUT2D eigenvalue weighted by Crippen LogP contribution is -2.22. The second-order valence-electron chi connectivity index (χ2n) is 4.79. The molecule has 17 heavy (non-hydrogen) atoms. The minimum Gasteiger partial charge on any atom is -0.396 e. The van der Waals surface area contributed by atoms with Crippen LogP contribution in [0.15, 0.2) is 12.3 Å². The quantitative estimate of drug-likeness (QED) is 0.853. The third kappa shape index (κ3) is 2.44. The molecule has 3 nitrogen and oxygen atoms in total. The monoisotopic (exact) mass is 289 g/mol. The van der Waals surface area contributed by atoms with Gasteiger partial charge in [-0.25, -0.2) is 0 Å². The number of anilines is 1. The molecule has 0 bridgehead atoms. The van der Waals surface area contributed by atoms with Gasteiger partial charge in [0.05, 0.1) is 15.6 Å². The van der Waals surface area contributed by atoms with Gasteiger partial charge in [0, 0.05) is 11.8 Å². The van der Waals surface area contributed by atoms with E-state index in [1.807, 2.05) is 10.9 Å². The second kappa shape index (κ2) is 4.19. The number of nitrogens with two attached hydrogens (primary N) is 1. The Kier molecular flexibility index (Phi) is 3.14. The largest absolute Gasteiger partial charge is 0.396 e. The Labute approximate surface area is 114 Å². The lowest BCUT2D eigenvalue weighted by Gasteiger charge is -2.18. The van der Waals surface area contributed by atoms with Gasteiger partial charge in [-0.15, -0.1) is 11.3 Å². The molecule has 6 heteroatoms. The molecular formula is C11H13Cl2N3S. The SMILES string of the molecule is CC(C)(C)n1cc(N)c(-c2cc(Cl)sc2Cl)n1. The van der Waals surface area contributed by atoms with Crippen LogP contribution in [-0.4, -0.2) is 9.78 Å². The molecule has 2 N–H and O–H groups in total. The van der Waals surface area contributed by atoms with Crippen molar-refractivity contribution in [2.75, 3.05) is 5.73 Å². The zero-order valence-corrected chi connectivity index (χ0v) is 12.1. The third-order valence-electron chi connectivity index (χ3n) is 2.34. The standard InChI is InChI=1S/C11H13Cl2N3S/c1-11(2,3)16-5-7(14)9(15-16)6-4-8(12)17-10(6)13/h4-5H,14H2,1-3H3. The minimum atomic E-state index is -0.112. The van der Waals surface area contributed by atoms with Crippen molar-refractivity contribution in [3.05, 3.63) is 20.9 Å².